The number of likely N-dealkylation sites (tertiary alicyclic amines) is 1. The number of nitrogens with one attached hydrogen (secondary N) is 1. The average Bonchev–Trinajstić information content (AvgIpc) is 2.83. The largest absolute Gasteiger partial charge is 0.485 e. The van der Waals surface area contributed by atoms with E-state index in [-0.39, 0.29) is 6.10 Å². The lowest BCUT2D eigenvalue weighted by Crippen LogP contribution is -2.41. The summed E-state index contributed by atoms with van der Waals surface area (Å²) in [5.74, 6) is 1.80. The summed E-state index contributed by atoms with van der Waals surface area (Å²) in [6, 6.07) is 8.18. The van der Waals surface area contributed by atoms with Crippen molar-refractivity contribution in [2.45, 2.75) is 12.5 Å². The number of benzene rings is 1. The molecule has 2 aliphatic heterocycles. The van der Waals surface area contributed by atoms with E-state index in [1.165, 1.54) is 26.1 Å². The fourth-order valence-corrected chi connectivity index (χ4v) is 3.30. The van der Waals surface area contributed by atoms with Crippen LogP contribution in [0.15, 0.2) is 24.3 Å². The molecule has 0 saturated carbocycles. The molecule has 1 aromatic rings. The standard InChI is InChI=1S/C16H25N3O/c1-18-8-7-13(10-18)11-19(2)12-14-9-17-15-5-3-4-6-16(15)20-14/h3-6,13-14,17H,7-12H2,1-2H3. The topological polar surface area (TPSA) is 27.7 Å². The molecule has 0 aliphatic carbocycles. The minimum absolute atomic E-state index is 0.244. The molecule has 2 heterocycles. The maximum absolute atomic E-state index is 6.07. The van der Waals surface area contributed by atoms with Crippen LogP contribution in [-0.2, 0) is 0 Å². The maximum atomic E-state index is 6.07. The highest BCUT2D eigenvalue weighted by atomic mass is 16.5. The molecule has 1 aromatic carbocycles. The molecule has 2 unspecified atom stereocenters. The van der Waals surface area contributed by atoms with Crippen LogP contribution in [0.2, 0.25) is 0 Å². The lowest BCUT2D eigenvalue weighted by molar-refractivity contribution is 0.141. The van der Waals surface area contributed by atoms with Gasteiger partial charge in [-0.2, -0.15) is 0 Å². The summed E-state index contributed by atoms with van der Waals surface area (Å²) >= 11 is 0. The van der Waals surface area contributed by atoms with Gasteiger partial charge < -0.3 is 19.9 Å². The van der Waals surface area contributed by atoms with Gasteiger partial charge in [0.25, 0.3) is 0 Å². The Morgan fingerprint density at radius 1 is 1.35 bits per heavy atom. The molecule has 1 saturated heterocycles. The highest BCUT2D eigenvalue weighted by Crippen LogP contribution is 2.28. The number of fused-ring (bicyclic) bond motifs is 1. The number of hydrogen-bond donors (Lipinski definition) is 1. The Hall–Kier alpha value is -1.26. The lowest BCUT2D eigenvalue weighted by atomic mass is 10.1. The first kappa shape index (κ1) is 13.7. The van der Waals surface area contributed by atoms with Crippen LogP contribution in [0.25, 0.3) is 0 Å². The molecule has 20 heavy (non-hydrogen) atoms. The van der Waals surface area contributed by atoms with Crippen molar-refractivity contribution < 1.29 is 4.74 Å². The summed E-state index contributed by atoms with van der Waals surface area (Å²) < 4.78 is 6.07. The molecule has 0 spiro atoms. The highest BCUT2D eigenvalue weighted by Gasteiger charge is 2.24. The number of para-hydroxylation sites is 2. The third-order valence-electron chi connectivity index (χ3n) is 4.28. The monoisotopic (exact) mass is 275 g/mol. The van der Waals surface area contributed by atoms with Gasteiger partial charge in [-0.25, -0.2) is 0 Å². The van der Waals surface area contributed by atoms with Crippen molar-refractivity contribution >= 4 is 5.69 Å². The normalized spacial score (nSPS) is 26.1. The molecule has 3 rings (SSSR count). The van der Waals surface area contributed by atoms with Crippen molar-refractivity contribution in [1.82, 2.24) is 9.80 Å². The molecule has 0 amide bonds. The van der Waals surface area contributed by atoms with E-state index in [2.05, 4.69) is 35.3 Å². The first-order valence-corrected chi connectivity index (χ1v) is 7.57. The van der Waals surface area contributed by atoms with Crippen LogP contribution in [-0.4, -0.2) is 62.7 Å². The van der Waals surface area contributed by atoms with Gasteiger partial charge in [0.05, 0.1) is 12.2 Å². The zero-order chi connectivity index (χ0) is 13.9. The Labute approximate surface area is 121 Å². The lowest BCUT2D eigenvalue weighted by Gasteiger charge is -2.31. The van der Waals surface area contributed by atoms with Crippen LogP contribution in [0, 0.1) is 5.92 Å². The van der Waals surface area contributed by atoms with E-state index >= 15 is 0 Å². The Balaban J connectivity index is 1.49. The van der Waals surface area contributed by atoms with E-state index in [0.717, 1.165) is 30.4 Å². The number of likely N-dealkylation sites (N-methyl/N-ethyl adjacent to an activating group) is 1. The average molecular weight is 275 g/mol. The minimum atomic E-state index is 0.244. The van der Waals surface area contributed by atoms with Gasteiger partial charge in [-0.15, -0.1) is 0 Å². The first-order valence-electron chi connectivity index (χ1n) is 7.57. The van der Waals surface area contributed by atoms with Crippen molar-refractivity contribution in [3.05, 3.63) is 24.3 Å². The predicted molar refractivity (Wildman–Crippen MR) is 82.4 cm³/mol. The van der Waals surface area contributed by atoms with Crippen LogP contribution in [0.5, 0.6) is 5.75 Å². The summed E-state index contributed by atoms with van der Waals surface area (Å²) in [6.45, 7) is 5.53. The molecular formula is C16H25N3O. The Kier molecular flexibility index (Phi) is 4.13. The van der Waals surface area contributed by atoms with Gasteiger partial charge in [-0.05, 0) is 45.1 Å². The molecule has 1 fully saturated rings. The first-order chi connectivity index (χ1) is 9.70. The van der Waals surface area contributed by atoms with Crippen LogP contribution >= 0.6 is 0 Å². The molecule has 0 aromatic heterocycles. The fraction of sp³-hybridized carbons (Fsp3) is 0.625. The number of nitrogens with zero attached hydrogens (tertiary/aromatic N) is 2. The molecular weight excluding hydrogens is 250 g/mol. The summed E-state index contributed by atoms with van der Waals surface area (Å²) in [6.07, 6.45) is 1.57. The quantitative estimate of drug-likeness (QED) is 0.906. The van der Waals surface area contributed by atoms with Crippen LogP contribution in [0.3, 0.4) is 0 Å². The van der Waals surface area contributed by atoms with Crippen molar-refractivity contribution in [3.63, 3.8) is 0 Å². The SMILES string of the molecule is CN1CCC(CN(C)CC2CNc3ccccc3O2)C1. The molecule has 110 valence electrons. The molecule has 1 N–H and O–H groups in total. The van der Waals surface area contributed by atoms with Gasteiger partial charge in [-0.3, -0.25) is 0 Å². The van der Waals surface area contributed by atoms with E-state index in [9.17, 15) is 0 Å². The van der Waals surface area contributed by atoms with Crippen molar-refractivity contribution in [3.8, 4) is 5.75 Å². The minimum Gasteiger partial charge on any atom is -0.485 e. The van der Waals surface area contributed by atoms with E-state index < -0.39 is 0 Å². The van der Waals surface area contributed by atoms with Crippen LogP contribution in [0.4, 0.5) is 5.69 Å². The van der Waals surface area contributed by atoms with Gasteiger partial charge in [0, 0.05) is 19.6 Å². The molecule has 0 bridgehead atoms. The second-order valence-electron chi connectivity index (χ2n) is 6.26. The highest BCUT2D eigenvalue weighted by molar-refractivity contribution is 5.57. The van der Waals surface area contributed by atoms with Crippen LogP contribution in [0.1, 0.15) is 6.42 Å². The van der Waals surface area contributed by atoms with Crippen LogP contribution < -0.4 is 10.1 Å². The Morgan fingerprint density at radius 3 is 3.00 bits per heavy atom. The Bertz CT molecular complexity index is 451. The van der Waals surface area contributed by atoms with Crippen molar-refractivity contribution in [1.29, 1.82) is 0 Å². The van der Waals surface area contributed by atoms with Gasteiger partial charge in [0.2, 0.25) is 0 Å². The number of ether oxygens (including phenoxy) is 1. The van der Waals surface area contributed by atoms with E-state index in [4.69, 9.17) is 4.74 Å². The summed E-state index contributed by atoms with van der Waals surface area (Å²) in [5.41, 5.74) is 1.11. The zero-order valence-electron chi connectivity index (χ0n) is 12.5. The number of rotatable bonds is 4. The van der Waals surface area contributed by atoms with Gasteiger partial charge in [0.15, 0.2) is 0 Å². The second-order valence-corrected chi connectivity index (χ2v) is 6.26. The maximum Gasteiger partial charge on any atom is 0.142 e. The smallest absolute Gasteiger partial charge is 0.142 e. The van der Waals surface area contributed by atoms with Crippen molar-refractivity contribution in [2.24, 2.45) is 5.92 Å². The van der Waals surface area contributed by atoms with Gasteiger partial charge in [-0.1, -0.05) is 12.1 Å². The van der Waals surface area contributed by atoms with E-state index in [1.54, 1.807) is 0 Å². The van der Waals surface area contributed by atoms with Crippen molar-refractivity contribution in [2.75, 3.05) is 52.1 Å². The predicted octanol–water partition coefficient (Wildman–Crippen LogP) is 1.74. The molecule has 0 radical (unpaired) electrons. The summed E-state index contributed by atoms with van der Waals surface area (Å²) in [4.78, 5) is 4.84. The molecule has 2 atom stereocenters. The third kappa shape index (κ3) is 3.25. The molecule has 4 nitrogen and oxygen atoms in total. The second kappa shape index (κ2) is 6.02. The zero-order valence-corrected chi connectivity index (χ0v) is 12.5. The summed E-state index contributed by atoms with van der Waals surface area (Å²) in [5, 5.41) is 3.46. The Morgan fingerprint density at radius 2 is 2.20 bits per heavy atom. The summed E-state index contributed by atoms with van der Waals surface area (Å²) in [7, 11) is 4.42. The fourth-order valence-electron chi connectivity index (χ4n) is 3.30. The number of anilines is 1. The van der Waals surface area contributed by atoms with Gasteiger partial charge in [0.1, 0.15) is 11.9 Å². The van der Waals surface area contributed by atoms with E-state index in [1.807, 2.05) is 18.2 Å². The molecule has 2 aliphatic rings. The number of hydrogen-bond acceptors (Lipinski definition) is 4. The molecule has 4 heteroatoms. The third-order valence-corrected chi connectivity index (χ3v) is 4.28. The van der Waals surface area contributed by atoms with Gasteiger partial charge >= 0.3 is 0 Å². The van der Waals surface area contributed by atoms with E-state index in [0.29, 0.717) is 0 Å².